The third-order valence-electron chi connectivity index (χ3n) is 5.21. The first-order valence-corrected chi connectivity index (χ1v) is 15.0. The van der Waals surface area contributed by atoms with Crippen molar-refractivity contribution in [1.82, 2.24) is 0 Å². The van der Waals surface area contributed by atoms with Crippen LogP contribution in [0.5, 0.6) is 0 Å². The standard InChI is InChI=1S/C21H23P3/c1-4-11-19(12-5-1)24(18-10-17-22-23-24,20-13-6-2-7-14-20)21-15-8-3-9-16-21/h1-9,11-16,22-23H,10,17-18H2. The first-order chi connectivity index (χ1) is 11.9. The van der Waals surface area contributed by atoms with Crippen molar-refractivity contribution in [1.29, 1.82) is 0 Å². The zero-order valence-corrected chi connectivity index (χ0v) is 16.6. The fraction of sp³-hybridized carbons (Fsp3) is 0.143. The second-order valence-electron chi connectivity index (χ2n) is 6.43. The molecule has 24 heavy (non-hydrogen) atoms. The summed E-state index contributed by atoms with van der Waals surface area (Å²) in [7, 11) is 2.11. The molecule has 3 aromatic carbocycles. The van der Waals surface area contributed by atoms with Crippen molar-refractivity contribution in [2.24, 2.45) is 0 Å². The molecule has 3 heteroatoms. The van der Waals surface area contributed by atoms with Gasteiger partial charge in [-0.05, 0) is 0 Å². The second kappa shape index (κ2) is 6.69. The molecule has 1 saturated heterocycles. The summed E-state index contributed by atoms with van der Waals surface area (Å²) in [5, 5.41) is 4.77. The molecular formula is C21H23P3. The van der Waals surface area contributed by atoms with Crippen LogP contribution in [0.1, 0.15) is 6.42 Å². The van der Waals surface area contributed by atoms with Gasteiger partial charge in [0, 0.05) is 0 Å². The number of benzene rings is 3. The molecular weight excluding hydrogens is 345 g/mol. The van der Waals surface area contributed by atoms with E-state index in [1.807, 2.05) is 0 Å². The average molecular weight is 368 g/mol. The summed E-state index contributed by atoms with van der Waals surface area (Å²) in [5.74, 6) is 0. The van der Waals surface area contributed by atoms with Crippen molar-refractivity contribution in [3.8, 4) is 0 Å². The van der Waals surface area contributed by atoms with E-state index in [0.717, 1.165) is 16.2 Å². The van der Waals surface area contributed by atoms with Gasteiger partial charge in [0.25, 0.3) is 0 Å². The van der Waals surface area contributed by atoms with Crippen molar-refractivity contribution in [2.75, 3.05) is 12.3 Å². The van der Waals surface area contributed by atoms with Crippen LogP contribution in [0.25, 0.3) is 0 Å². The van der Waals surface area contributed by atoms with Gasteiger partial charge in [0.15, 0.2) is 0 Å². The second-order valence-corrected chi connectivity index (χ2v) is 18.8. The van der Waals surface area contributed by atoms with Gasteiger partial charge in [0.05, 0.1) is 0 Å². The molecule has 2 unspecified atom stereocenters. The summed E-state index contributed by atoms with van der Waals surface area (Å²) in [6, 6.07) is 34.3. The van der Waals surface area contributed by atoms with Crippen LogP contribution in [-0.2, 0) is 0 Å². The van der Waals surface area contributed by atoms with Crippen molar-refractivity contribution < 1.29 is 0 Å². The maximum absolute atomic E-state index is 2.40. The molecule has 0 saturated carbocycles. The minimum atomic E-state index is -2.33. The van der Waals surface area contributed by atoms with Gasteiger partial charge in [0.2, 0.25) is 0 Å². The van der Waals surface area contributed by atoms with Crippen LogP contribution < -0.4 is 15.9 Å². The van der Waals surface area contributed by atoms with Gasteiger partial charge in [-0.15, -0.1) is 0 Å². The normalized spacial score (nSPS) is 22.6. The van der Waals surface area contributed by atoms with E-state index in [1.165, 1.54) is 18.7 Å². The van der Waals surface area contributed by atoms with Crippen LogP contribution in [0.15, 0.2) is 91.0 Å². The molecule has 0 spiro atoms. The third-order valence-corrected chi connectivity index (χ3v) is 23.6. The van der Waals surface area contributed by atoms with E-state index in [4.69, 9.17) is 0 Å². The van der Waals surface area contributed by atoms with E-state index in [1.54, 1.807) is 15.9 Å². The van der Waals surface area contributed by atoms with E-state index in [9.17, 15) is 0 Å². The van der Waals surface area contributed by atoms with Crippen molar-refractivity contribution >= 4 is 38.4 Å². The van der Waals surface area contributed by atoms with Gasteiger partial charge in [-0.1, -0.05) is 0 Å². The summed E-state index contributed by atoms with van der Waals surface area (Å²) >= 11 is 0. The van der Waals surface area contributed by atoms with E-state index < -0.39 is 6.29 Å². The van der Waals surface area contributed by atoms with Crippen LogP contribution in [0.2, 0.25) is 0 Å². The molecule has 4 rings (SSSR count). The topological polar surface area (TPSA) is 0 Å². The van der Waals surface area contributed by atoms with E-state index in [-0.39, 0.29) is 0 Å². The molecule has 0 aliphatic carbocycles. The Kier molecular flexibility index (Phi) is 4.58. The number of rotatable bonds is 3. The predicted octanol–water partition coefficient (Wildman–Crippen LogP) is 5.11. The monoisotopic (exact) mass is 368 g/mol. The molecule has 3 aromatic rings. The van der Waals surface area contributed by atoms with E-state index in [0.29, 0.717) is 0 Å². The van der Waals surface area contributed by atoms with Gasteiger partial charge >= 0.3 is 148 Å². The molecule has 0 N–H and O–H groups in total. The molecule has 2 atom stereocenters. The maximum atomic E-state index is 2.40. The SMILES string of the molecule is c1ccc(P2(c3ccccc3)(c3ccccc3)CCCPP2)cc1. The van der Waals surface area contributed by atoms with Gasteiger partial charge in [-0.3, -0.25) is 0 Å². The summed E-state index contributed by atoms with van der Waals surface area (Å²) in [4.78, 5) is 0. The molecule has 0 aromatic heterocycles. The van der Waals surface area contributed by atoms with Crippen LogP contribution >= 0.6 is 22.5 Å². The fourth-order valence-electron chi connectivity index (χ4n) is 4.07. The molecule has 122 valence electrons. The van der Waals surface area contributed by atoms with Gasteiger partial charge < -0.3 is 0 Å². The van der Waals surface area contributed by atoms with E-state index in [2.05, 4.69) is 91.0 Å². The van der Waals surface area contributed by atoms with Crippen molar-refractivity contribution in [3.63, 3.8) is 0 Å². The summed E-state index contributed by atoms with van der Waals surface area (Å²) in [5.41, 5.74) is 0. The Bertz CT molecular complexity index is 691. The van der Waals surface area contributed by atoms with Gasteiger partial charge in [-0.2, -0.15) is 0 Å². The fourth-order valence-corrected chi connectivity index (χ4v) is 24.5. The molecule has 0 bridgehead atoms. The molecule has 1 aliphatic rings. The Labute approximate surface area is 148 Å². The molecule has 1 heterocycles. The first kappa shape index (κ1) is 16.4. The third kappa shape index (κ3) is 2.40. The Morgan fingerprint density at radius 1 is 0.583 bits per heavy atom. The molecule has 1 aliphatic heterocycles. The van der Waals surface area contributed by atoms with Crippen molar-refractivity contribution in [3.05, 3.63) is 91.0 Å². The minimum absolute atomic E-state index is 1.02. The van der Waals surface area contributed by atoms with Gasteiger partial charge in [0.1, 0.15) is 0 Å². The van der Waals surface area contributed by atoms with E-state index >= 15 is 0 Å². The summed E-state index contributed by atoms with van der Waals surface area (Å²) in [6.45, 7) is 0. The van der Waals surface area contributed by atoms with Gasteiger partial charge in [-0.25, -0.2) is 0 Å². The Morgan fingerprint density at radius 2 is 1.00 bits per heavy atom. The zero-order chi connectivity index (χ0) is 16.3. The van der Waals surface area contributed by atoms with Crippen molar-refractivity contribution in [2.45, 2.75) is 6.42 Å². The Hall–Kier alpha value is -1.05. The number of hydrogen-bond acceptors (Lipinski definition) is 0. The van der Waals surface area contributed by atoms with Crippen LogP contribution in [0, 0.1) is 0 Å². The first-order valence-electron chi connectivity index (χ1n) is 8.55. The predicted molar refractivity (Wildman–Crippen MR) is 116 cm³/mol. The Morgan fingerprint density at radius 3 is 1.33 bits per heavy atom. The Balaban J connectivity index is 2.12. The van der Waals surface area contributed by atoms with Crippen LogP contribution in [-0.4, -0.2) is 12.3 Å². The zero-order valence-electron chi connectivity index (χ0n) is 13.7. The average Bonchev–Trinajstić information content (AvgIpc) is 2.71. The molecule has 0 amide bonds. The summed E-state index contributed by atoms with van der Waals surface area (Å²) in [6.07, 6.45) is 1.76. The molecule has 1 fully saturated rings. The quantitative estimate of drug-likeness (QED) is 0.564. The summed E-state index contributed by atoms with van der Waals surface area (Å²) < 4.78 is 0. The molecule has 0 nitrogen and oxygen atoms in total. The number of hydrogen-bond donors (Lipinski definition) is 0. The van der Waals surface area contributed by atoms with Crippen LogP contribution in [0.3, 0.4) is 0 Å². The van der Waals surface area contributed by atoms with Crippen LogP contribution in [0.4, 0.5) is 0 Å². The molecule has 0 radical (unpaired) electrons.